The van der Waals surface area contributed by atoms with Crippen LogP contribution in [-0.4, -0.2) is 11.0 Å². The maximum absolute atomic E-state index is 11.5. The standard InChI is InChI=1S/C10H9NO2/c12-6-1-2-8-7(5-6)9(13)11-10(8)3-4-10/h1-2,5,12H,3-4H2,(H,11,13). The van der Waals surface area contributed by atoms with E-state index in [1.54, 1.807) is 6.07 Å². The lowest BCUT2D eigenvalue weighted by Crippen LogP contribution is -2.25. The van der Waals surface area contributed by atoms with Crippen LogP contribution in [0.1, 0.15) is 28.8 Å². The zero-order valence-corrected chi connectivity index (χ0v) is 7.00. The number of nitrogens with one attached hydrogen (secondary N) is 1. The van der Waals surface area contributed by atoms with Gasteiger partial charge in [0, 0.05) is 5.56 Å². The summed E-state index contributed by atoms with van der Waals surface area (Å²) < 4.78 is 0. The largest absolute Gasteiger partial charge is 0.508 e. The van der Waals surface area contributed by atoms with Crippen molar-refractivity contribution in [3.63, 3.8) is 0 Å². The van der Waals surface area contributed by atoms with Crippen molar-refractivity contribution in [1.82, 2.24) is 5.32 Å². The summed E-state index contributed by atoms with van der Waals surface area (Å²) in [6, 6.07) is 5.02. The molecule has 1 spiro atoms. The number of fused-ring (bicyclic) bond motifs is 2. The van der Waals surface area contributed by atoms with E-state index in [1.165, 1.54) is 6.07 Å². The summed E-state index contributed by atoms with van der Waals surface area (Å²) in [5, 5.41) is 12.2. The van der Waals surface area contributed by atoms with E-state index < -0.39 is 0 Å². The lowest BCUT2D eigenvalue weighted by atomic mass is 10.0. The molecule has 66 valence electrons. The molecule has 1 aromatic carbocycles. The Hall–Kier alpha value is -1.51. The normalized spacial score (nSPS) is 21.4. The van der Waals surface area contributed by atoms with Gasteiger partial charge in [0.1, 0.15) is 5.75 Å². The van der Waals surface area contributed by atoms with Crippen molar-refractivity contribution in [3.05, 3.63) is 29.3 Å². The molecule has 13 heavy (non-hydrogen) atoms. The third-order valence-corrected chi connectivity index (χ3v) is 2.87. The van der Waals surface area contributed by atoms with Crippen LogP contribution in [0.25, 0.3) is 0 Å². The predicted molar refractivity (Wildman–Crippen MR) is 46.5 cm³/mol. The molecule has 3 rings (SSSR count). The first-order valence-corrected chi connectivity index (χ1v) is 4.37. The summed E-state index contributed by atoms with van der Waals surface area (Å²) >= 11 is 0. The van der Waals surface area contributed by atoms with E-state index in [-0.39, 0.29) is 17.2 Å². The molecule has 0 atom stereocenters. The Labute approximate surface area is 75.4 Å². The van der Waals surface area contributed by atoms with Gasteiger partial charge >= 0.3 is 0 Å². The Morgan fingerprint density at radius 3 is 2.85 bits per heavy atom. The Morgan fingerprint density at radius 2 is 2.15 bits per heavy atom. The van der Waals surface area contributed by atoms with E-state index in [9.17, 15) is 9.90 Å². The molecular formula is C10H9NO2. The van der Waals surface area contributed by atoms with E-state index in [4.69, 9.17) is 0 Å². The zero-order chi connectivity index (χ0) is 9.05. The third kappa shape index (κ3) is 0.763. The molecule has 3 nitrogen and oxygen atoms in total. The lowest BCUT2D eigenvalue weighted by Gasteiger charge is -2.06. The number of carbonyl (C=O) groups excluding carboxylic acids is 1. The van der Waals surface area contributed by atoms with Gasteiger partial charge in [-0.1, -0.05) is 6.07 Å². The minimum Gasteiger partial charge on any atom is -0.508 e. The van der Waals surface area contributed by atoms with Crippen LogP contribution >= 0.6 is 0 Å². The van der Waals surface area contributed by atoms with Gasteiger partial charge in [-0.3, -0.25) is 4.79 Å². The molecule has 1 aliphatic carbocycles. The van der Waals surface area contributed by atoms with E-state index in [0.29, 0.717) is 5.56 Å². The highest BCUT2D eigenvalue weighted by Gasteiger charge is 2.51. The fraction of sp³-hybridized carbons (Fsp3) is 0.300. The molecule has 1 aliphatic heterocycles. The molecule has 0 unspecified atom stereocenters. The second kappa shape index (κ2) is 1.87. The molecule has 0 bridgehead atoms. The number of phenols is 1. The van der Waals surface area contributed by atoms with Gasteiger partial charge in [0.05, 0.1) is 5.54 Å². The number of aromatic hydroxyl groups is 1. The van der Waals surface area contributed by atoms with Crippen LogP contribution in [0, 0.1) is 0 Å². The number of hydrogen-bond donors (Lipinski definition) is 2. The number of amides is 1. The van der Waals surface area contributed by atoms with E-state index in [2.05, 4.69) is 5.32 Å². The summed E-state index contributed by atoms with van der Waals surface area (Å²) in [5.41, 5.74) is 1.62. The van der Waals surface area contributed by atoms with Crippen molar-refractivity contribution in [2.45, 2.75) is 18.4 Å². The maximum Gasteiger partial charge on any atom is 0.252 e. The van der Waals surface area contributed by atoms with Crippen LogP contribution in [0.5, 0.6) is 5.75 Å². The lowest BCUT2D eigenvalue weighted by molar-refractivity contribution is 0.0952. The molecule has 1 fully saturated rings. The highest BCUT2D eigenvalue weighted by molar-refractivity contribution is 6.01. The Morgan fingerprint density at radius 1 is 1.38 bits per heavy atom. The molecule has 1 saturated carbocycles. The van der Waals surface area contributed by atoms with Crippen LogP contribution in [0.3, 0.4) is 0 Å². The molecule has 2 N–H and O–H groups in total. The SMILES string of the molecule is O=C1NC2(CC2)c2ccc(O)cc21. The second-order valence-electron chi connectivity index (χ2n) is 3.77. The van der Waals surface area contributed by atoms with Gasteiger partial charge in [0.15, 0.2) is 0 Å². The average Bonchev–Trinajstić information content (AvgIpc) is 2.79. The first kappa shape index (κ1) is 6.95. The predicted octanol–water partition coefficient (Wildman–Crippen LogP) is 1.12. The van der Waals surface area contributed by atoms with Gasteiger partial charge < -0.3 is 10.4 Å². The highest BCUT2D eigenvalue weighted by Crippen LogP contribution is 2.50. The van der Waals surface area contributed by atoms with E-state index in [0.717, 1.165) is 18.4 Å². The van der Waals surface area contributed by atoms with Crippen LogP contribution in [0.4, 0.5) is 0 Å². The van der Waals surface area contributed by atoms with Crippen LogP contribution in [0.2, 0.25) is 0 Å². The van der Waals surface area contributed by atoms with Gasteiger partial charge in [-0.25, -0.2) is 0 Å². The molecule has 0 radical (unpaired) electrons. The average molecular weight is 175 g/mol. The Balaban J connectivity index is 2.25. The summed E-state index contributed by atoms with van der Waals surface area (Å²) in [7, 11) is 0. The number of carbonyl (C=O) groups is 1. The number of rotatable bonds is 0. The Kier molecular flexibility index (Phi) is 0.998. The number of benzene rings is 1. The van der Waals surface area contributed by atoms with E-state index in [1.807, 2.05) is 6.07 Å². The third-order valence-electron chi connectivity index (χ3n) is 2.87. The number of hydrogen-bond acceptors (Lipinski definition) is 2. The van der Waals surface area contributed by atoms with E-state index >= 15 is 0 Å². The summed E-state index contributed by atoms with van der Waals surface area (Å²) in [6.07, 6.45) is 2.05. The molecule has 0 saturated heterocycles. The smallest absolute Gasteiger partial charge is 0.252 e. The van der Waals surface area contributed by atoms with Crippen LogP contribution in [0.15, 0.2) is 18.2 Å². The quantitative estimate of drug-likeness (QED) is 0.620. The summed E-state index contributed by atoms with van der Waals surface area (Å²) in [5.74, 6) is 0.106. The molecule has 1 heterocycles. The van der Waals surface area contributed by atoms with Gasteiger partial charge in [0.25, 0.3) is 5.91 Å². The minimum atomic E-state index is -0.0693. The topological polar surface area (TPSA) is 49.3 Å². The summed E-state index contributed by atoms with van der Waals surface area (Å²) in [4.78, 5) is 11.5. The first-order chi connectivity index (χ1) is 6.21. The fourth-order valence-electron chi connectivity index (χ4n) is 2.01. The van der Waals surface area contributed by atoms with Gasteiger partial charge in [-0.05, 0) is 30.5 Å². The van der Waals surface area contributed by atoms with Crippen molar-refractivity contribution in [3.8, 4) is 5.75 Å². The first-order valence-electron chi connectivity index (χ1n) is 4.37. The second-order valence-corrected chi connectivity index (χ2v) is 3.77. The molecular weight excluding hydrogens is 166 g/mol. The molecule has 1 amide bonds. The van der Waals surface area contributed by atoms with Gasteiger partial charge in [0.2, 0.25) is 0 Å². The minimum absolute atomic E-state index is 0.0524. The summed E-state index contributed by atoms with van der Waals surface area (Å²) in [6.45, 7) is 0. The molecule has 2 aliphatic rings. The fourth-order valence-corrected chi connectivity index (χ4v) is 2.01. The maximum atomic E-state index is 11.5. The van der Waals surface area contributed by atoms with Crippen molar-refractivity contribution in [2.24, 2.45) is 0 Å². The number of phenolic OH excluding ortho intramolecular Hbond substituents is 1. The van der Waals surface area contributed by atoms with Crippen molar-refractivity contribution < 1.29 is 9.90 Å². The van der Waals surface area contributed by atoms with Crippen molar-refractivity contribution >= 4 is 5.91 Å². The van der Waals surface area contributed by atoms with Crippen molar-refractivity contribution in [1.29, 1.82) is 0 Å². The zero-order valence-electron chi connectivity index (χ0n) is 7.00. The molecule has 0 aromatic heterocycles. The van der Waals surface area contributed by atoms with Crippen LogP contribution < -0.4 is 5.32 Å². The van der Waals surface area contributed by atoms with Crippen molar-refractivity contribution in [2.75, 3.05) is 0 Å². The molecule has 1 aromatic rings. The van der Waals surface area contributed by atoms with Gasteiger partial charge in [-0.15, -0.1) is 0 Å². The Bertz CT molecular complexity index is 407. The highest BCUT2D eigenvalue weighted by atomic mass is 16.3. The monoisotopic (exact) mass is 175 g/mol. The van der Waals surface area contributed by atoms with Gasteiger partial charge in [-0.2, -0.15) is 0 Å². The molecule has 3 heteroatoms. The van der Waals surface area contributed by atoms with Crippen LogP contribution in [-0.2, 0) is 5.54 Å².